The number of aromatic nitrogens is 3. The number of pyridine rings is 1. The van der Waals surface area contributed by atoms with Crippen LogP contribution in [0, 0.1) is 0 Å². The van der Waals surface area contributed by atoms with Crippen LogP contribution in [0.3, 0.4) is 0 Å². The summed E-state index contributed by atoms with van der Waals surface area (Å²) < 4.78 is 5.60. The van der Waals surface area contributed by atoms with Crippen molar-refractivity contribution in [3.05, 3.63) is 112 Å². The summed E-state index contributed by atoms with van der Waals surface area (Å²) in [7, 11) is 0. The lowest BCUT2D eigenvalue weighted by Gasteiger charge is -2.19. The molecule has 4 aromatic rings. The van der Waals surface area contributed by atoms with E-state index in [-0.39, 0.29) is 16.7 Å². The molecule has 0 spiro atoms. The standard InChI is InChI=1S/C27H27N3O2/c1-27(2,3)22-12-10-21(11-13-22)23-14-9-20(16-28-23)15-25-29-17-24(26(31)30-25)32-18-19-7-5-4-6-8-19/h4-14,16-17H,15,18H2,1-3H3,(H,29,30,31). The predicted molar refractivity (Wildman–Crippen MR) is 127 cm³/mol. The van der Waals surface area contributed by atoms with Gasteiger partial charge in [0.25, 0.3) is 5.56 Å². The molecule has 0 aliphatic carbocycles. The van der Waals surface area contributed by atoms with Gasteiger partial charge in [0, 0.05) is 18.2 Å². The summed E-state index contributed by atoms with van der Waals surface area (Å²) in [5, 5.41) is 0. The molecule has 0 unspecified atom stereocenters. The second kappa shape index (κ2) is 9.18. The molecule has 5 heteroatoms. The Labute approximate surface area is 188 Å². The minimum atomic E-state index is -0.283. The Hall–Kier alpha value is -3.73. The van der Waals surface area contributed by atoms with Gasteiger partial charge in [-0.2, -0.15) is 0 Å². The molecule has 162 valence electrons. The van der Waals surface area contributed by atoms with Crippen LogP contribution < -0.4 is 10.3 Å². The summed E-state index contributed by atoms with van der Waals surface area (Å²) in [5.41, 5.74) is 5.10. The molecule has 2 aromatic carbocycles. The fraction of sp³-hybridized carbons (Fsp3) is 0.222. The maximum absolute atomic E-state index is 12.4. The van der Waals surface area contributed by atoms with Gasteiger partial charge in [0.15, 0.2) is 0 Å². The van der Waals surface area contributed by atoms with Crippen LogP contribution in [0.4, 0.5) is 0 Å². The van der Waals surface area contributed by atoms with Gasteiger partial charge < -0.3 is 9.72 Å². The molecular formula is C27H27N3O2. The minimum Gasteiger partial charge on any atom is -0.482 e. The SMILES string of the molecule is CC(C)(C)c1ccc(-c2ccc(Cc3ncc(OCc4ccccc4)c(=O)[nH]3)cn2)cc1. The van der Waals surface area contributed by atoms with Crippen molar-refractivity contribution in [3.8, 4) is 17.0 Å². The van der Waals surface area contributed by atoms with Crippen molar-refractivity contribution in [2.24, 2.45) is 0 Å². The molecule has 0 amide bonds. The fourth-order valence-electron chi connectivity index (χ4n) is 3.38. The van der Waals surface area contributed by atoms with E-state index >= 15 is 0 Å². The van der Waals surface area contributed by atoms with E-state index in [4.69, 9.17) is 4.74 Å². The largest absolute Gasteiger partial charge is 0.482 e. The van der Waals surface area contributed by atoms with E-state index in [2.05, 4.69) is 60.0 Å². The molecule has 0 aliphatic rings. The third-order valence-corrected chi connectivity index (χ3v) is 5.30. The highest BCUT2D eigenvalue weighted by molar-refractivity contribution is 5.59. The van der Waals surface area contributed by atoms with E-state index < -0.39 is 0 Å². The van der Waals surface area contributed by atoms with Gasteiger partial charge in [0.1, 0.15) is 12.4 Å². The third-order valence-electron chi connectivity index (χ3n) is 5.30. The average Bonchev–Trinajstić information content (AvgIpc) is 2.79. The number of ether oxygens (including phenoxy) is 1. The first-order valence-corrected chi connectivity index (χ1v) is 10.7. The molecule has 1 N–H and O–H groups in total. The molecule has 0 aliphatic heterocycles. The second-order valence-corrected chi connectivity index (χ2v) is 8.85. The van der Waals surface area contributed by atoms with E-state index in [0.29, 0.717) is 18.9 Å². The first-order chi connectivity index (χ1) is 15.4. The zero-order valence-electron chi connectivity index (χ0n) is 18.6. The van der Waals surface area contributed by atoms with Crippen LogP contribution >= 0.6 is 0 Å². The molecule has 0 saturated carbocycles. The second-order valence-electron chi connectivity index (χ2n) is 8.85. The van der Waals surface area contributed by atoms with Crippen molar-refractivity contribution >= 4 is 0 Å². The van der Waals surface area contributed by atoms with Crippen LogP contribution in [0.2, 0.25) is 0 Å². The van der Waals surface area contributed by atoms with Crippen LogP contribution in [0.5, 0.6) is 5.75 Å². The smallest absolute Gasteiger partial charge is 0.293 e. The zero-order chi connectivity index (χ0) is 22.6. The number of nitrogens with one attached hydrogen (secondary N) is 1. The van der Waals surface area contributed by atoms with Crippen molar-refractivity contribution in [1.82, 2.24) is 15.0 Å². The van der Waals surface area contributed by atoms with Crippen molar-refractivity contribution in [1.29, 1.82) is 0 Å². The first kappa shape index (κ1) is 21.5. The average molecular weight is 426 g/mol. The Morgan fingerprint density at radius 3 is 2.22 bits per heavy atom. The quantitative estimate of drug-likeness (QED) is 0.455. The third kappa shape index (κ3) is 5.30. The van der Waals surface area contributed by atoms with Crippen molar-refractivity contribution in [2.75, 3.05) is 0 Å². The lowest BCUT2D eigenvalue weighted by molar-refractivity contribution is 0.300. The number of hydrogen-bond acceptors (Lipinski definition) is 4. The Bertz CT molecular complexity index is 1220. The molecule has 0 atom stereocenters. The minimum absolute atomic E-state index is 0.127. The van der Waals surface area contributed by atoms with E-state index in [1.807, 2.05) is 48.7 Å². The Morgan fingerprint density at radius 1 is 0.844 bits per heavy atom. The lowest BCUT2D eigenvalue weighted by Crippen LogP contribution is -2.15. The number of rotatable bonds is 6. The molecule has 0 bridgehead atoms. The van der Waals surface area contributed by atoms with Gasteiger partial charge in [0.05, 0.1) is 11.9 Å². The summed E-state index contributed by atoms with van der Waals surface area (Å²) in [6, 6.07) is 22.2. The fourth-order valence-corrected chi connectivity index (χ4v) is 3.38. The summed E-state index contributed by atoms with van der Waals surface area (Å²) in [5.74, 6) is 0.788. The van der Waals surface area contributed by atoms with Crippen LogP contribution in [0.15, 0.2) is 83.9 Å². The zero-order valence-corrected chi connectivity index (χ0v) is 18.6. The van der Waals surface area contributed by atoms with Gasteiger partial charge in [-0.25, -0.2) is 4.98 Å². The molecule has 2 aromatic heterocycles. The Kier molecular flexibility index (Phi) is 6.17. The summed E-state index contributed by atoms with van der Waals surface area (Å²) in [4.78, 5) is 24.1. The molecule has 4 rings (SSSR count). The maximum atomic E-state index is 12.4. The number of nitrogens with zero attached hydrogens (tertiary/aromatic N) is 2. The van der Waals surface area contributed by atoms with E-state index in [1.165, 1.54) is 11.8 Å². The highest BCUT2D eigenvalue weighted by Crippen LogP contribution is 2.25. The van der Waals surface area contributed by atoms with E-state index in [0.717, 1.165) is 22.4 Å². The molecule has 0 saturated heterocycles. The highest BCUT2D eigenvalue weighted by atomic mass is 16.5. The van der Waals surface area contributed by atoms with Crippen LogP contribution in [0.25, 0.3) is 11.3 Å². The summed E-state index contributed by atoms with van der Waals surface area (Å²) in [6.45, 7) is 6.94. The van der Waals surface area contributed by atoms with Crippen LogP contribution in [-0.2, 0) is 18.4 Å². The van der Waals surface area contributed by atoms with Gasteiger partial charge in [-0.1, -0.05) is 81.4 Å². The van der Waals surface area contributed by atoms with E-state index in [9.17, 15) is 4.79 Å². The first-order valence-electron chi connectivity index (χ1n) is 10.7. The summed E-state index contributed by atoms with van der Waals surface area (Å²) in [6.07, 6.45) is 3.80. The summed E-state index contributed by atoms with van der Waals surface area (Å²) >= 11 is 0. The van der Waals surface area contributed by atoms with E-state index in [1.54, 1.807) is 0 Å². The number of aromatic amines is 1. The topological polar surface area (TPSA) is 67.9 Å². The monoisotopic (exact) mass is 425 g/mol. The van der Waals surface area contributed by atoms with Crippen LogP contribution in [0.1, 0.15) is 43.3 Å². The van der Waals surface area contributed by atoms with Gasteiger partial charge in [-0.05, 0) is 28.2 Å². The van der Waals surface area contributed by atoms with Gasteiger partial charge in [0.2, 0.25) is 5.75 Å². The predicted octanol–water partition coefficient (Wildman–Crippen LogP) is 5.30. The Balaban J connectivity index is 1.41. The molecular weight excluding hydrogens is 398 g/mol. The lowest BCUT2D eigenvalue weighted by atomic mass is 9.86. The van der Waals surface area contributed by atoms with Gasteiger partial charge >= 0.3 is 0 Å². The number of benzene rings is 2. The highest BCUT2D eigenvalue weighted by Gasteiger charge is 2.13. The van der Waals surface area contributed by atoms with Crippen molar-refractivity contribution < 1.29 is 4.74 Å². The Morgan fingerprint density at radius 2 is 1.59 bits per heavy atom. The van der Waals surface area contributed by atoms with Crippen molar-refractivity contribution in [3.63, 3.8) is 0 Å². The molecule has 2 heterocycles. The molecule has 32 heavy (non-hydrogen) atoms. The molecule has 5 nitrogen and oxygen atoms in total. The van der Waals surface area contributed by atoms with Gasteiger partial charge in [-0.3, -0.25) is 9.78 Å². The number of hydrogen-bond donors (Lipinski definition) is 1. The molecule has 0 fully saturated rings. The number of H-pyrrole nitrogens is 1. The van der Waals surface area contributed by atoms with Crippen LogP contribution in [-0.4, -0.2) is 15.0 Å². The molecule has 0 radical (unpaired) electrons. The van der Waals surface area contributed by atoms with Gasteiger partial charge in [-0.15, -0.1) is 0 Å². The maximum Gasteiger partial charge on any atom is 0.293 e. The van der Waals surface area contributed by atoms with Crippen molar-refractivity contribution in [2.45, 2.75) is 39.2 Å². The normalized spacial score (nSPS) is 11.3.